The molecule has 1 amide bonds. The van der Waals surface area contributed by atoms with Gasteiger partial charge in [-0.15, -0.1) is 11.3 Å². The molecule has 0 radical (unpaired) electrons. The third kappa shape index (κ3) is 4.38. The number of para-hydroxylation sites is 1. The van der Waals surface area contributed by atoms with Gasteiger partial charge in [0.1, 0.15) is 27.3 Å². The van der Waals surface area contributed by atoms with E-state index in [4.69, 9.17) is 16.0 Å². The second-order valence-corrected chi connectivity index (χ2v) is 12.6. The van der Waals surface area contributed by atoms with Gasteiger partial charge in [0.15, 0.2) is 5.13 Å². The average molecular weight is 540 g/mol. The zero-order valence-corrected chi connectivity index (χ0v) is 20.9. The van der Waals surface area contributed by atoms with Crippen LogP contribution in [0.1, 0.15) is 25.0 Å². The van der Waals surface area contributed by atoms with Gasteiger partial charge in [-0.05, 0) is 49.2 Å². The monoisotopic (exact) mass is 539 g/mol. The van der Waals surface area contributed by atoms with E-state index in [1.807, 2.05) is 0 Å². The molecule has 0 N–H and O–H groups in total. The maximum absolute atomic E-state index is 14.3. The minimum absolute atomic E-state index is 0.0441. The number of benzene rings is 1. The smallest absolute Gasteiger partial charge is 0.253 e. The Hall–Kier alpha value is -2.31. The molecule has 1 aliphatic rings. The summed E-state index contributed by atoms with van der Waals surface area (Å²) in [5.74, 6) is -0.410. The fourth-order valence-electron chi connectivity index (χ4n) is 3.99. The maximum Gasteiger partial charge on any atom is 0.253 e. The lowest BCUT2D eigenvalue weighted by atomic mass is 10.0. The molecule has 4 heterocycles. The van der Waals surface area contributed by atoms with E-state index in [2.05, 4.69) is 4.98 Å². The molecule has 4 aromatic rings. The van der Waals surface area contributed by atoms with Crippen LogP contribution in [0.25, 0.3) is 10.2 Å². The lowest BCUT2D eigenvalue weighted by Crippen LogP contribution is -2.52. The van der Waals surface area contributed by atoms with Gasteiger partial charge in [0.2, 0.25) is 5.91 Å². The highest BCUT2D eigenvalue weighted by Crippen LogP contribution is 2.35. The molecule has 3 aromatic heterocycles. The number of sulfonamides is 1. The Morgan fingerprint density at radius 1 is 1.21 bits per heavy atom. The molecule has 12 heteroatoms. The Morgan fingerprint density at radius 3 is 2.76 bits per heavy atom. The van der Waals surface area contributed by atoms with Crippen LogP contribution >= 0.6 is 34.3 Å². The summed E-state index contributed by atoms with van der Waals surface area (Å²) < 4.78 is 48.9. The topological polar surface area (TPSA) is 83.7 Å². The van der Waals surface area contributed by atoms with Crippen molar-refractivity contribution in [3.63, 3.8) is 0 Å². The van der Waals surface area contributed by atoms with E-state index in [1.54, 1.807) is 24.3 Å². The summed E-state index contributed by atoms with van der Waals surface area (Å²) >= 11 is 8.11. The number of piperidine rings is 1. The van der Waals surface area contributed by atoms with E-state index < -0.39 is 27.8 Å². The van der Waals surface area contributed by atoms with Crippen LogP contribution in [0.3, 0.4) is 0 Å². The molecule has 1 aromatic carbocycles. The number of fused-ring (bicyclic) bond motifs is 1. The minimum atomic E-state index is -3.92. The number of amides is 1. The van der Waals surface area contributed by atoms with E-state index in [9.17, 15) is 17.6 Å². The van der Waals surface area contributed by atoms with E-state index in [1.165, 1.54) is 45.0 Å². The predicted molar refractivity (Wildman–Crippen MR) is 130 cm³/mol. The molecule has 7 nitrogen and oxygen atoms in total. The van der Waals surface area contributed by atoms with Crippen molar-refractivity contribution in [3.05, 3.63) is 64.6 Å². The first-order chi connectivity index (χ1) is 16.3. The van der Waals surface area contributed by atoms with E-state index in [0.717, 1.165) is 11.3 Å². The summed E-state index contributed by atoms with van der Waals surface area (Å²) in [5.41, 5.74) is 0.168. The van der Waals surface area contributed by atoms with Crippen LogP contribution < -0.4 is 4.90 Å². The second-order valence-electron chi connectivity index (χ2n) is 7.77. The average Bonchev–Trinajstić information content (AvgIpc) is 3.58. The number of carbonyl (C=O) groups is 1. The van der Waals surface area contributed by atoms with Crippen molar-refractivity contribution in [2.24, 2.45) is 0 Å². The number of furan rings is 1. The third-order valence-corrected chi connectivity index (χ3v) is 10.3. The number of thiophene rings is 1. The summed E-state index contributed by atoms with van der Waals surface area (Å²) in [4.78, 5) is 19.7. The number of halogens is 2. The molecule has 178 valence electrons. The fourth-order valence-corrected chi connectivity index (χ4v) is 8.24. The Balaban J connectivity index is 1.54. The first kappa shape index (κ1) is 23.4. The van der Waals surface area contributed by atoms with Crippen molar-refractivity contribution in [2.45, 2.75) is 36.1 Å². The number of hydrogen-bond acceptors (Lipinski definition) is 7. The standard InChI is InChI=1S/C22H19ClFN3O4S3/c23-18-9-10-19(33-18)34(29,30)27-11-2-1-7-16(27)21(28)26(13-14-5-4-12-31-14)22-25-20-15(24)6-3-8-17(20)32-22/h3-6,8-10,12,16H,1-2,7,11,13H2. The van der Waals surface area contributed by atoms with Crippen LogP contribution in [0.4, 0.5) is 9.52 Å². The lowest BCUT2D eigenvalue weighted by molar-refractivity contribution is -0.123. The quantitative estimate of drug-likeness (QED) is 0.322. The van der Waals surface area contributed by atoms with E-state index >= 15 is 0 Å². The minimum Gasteiger partial charge on any atom is -0.467 e. The van der Waals surface area contributed by atoms with E-state index in [0.29, 0.717) is 34.1 Å². The molecule has 1 unspecified atom stereocenters. The highest BCUT2D eigenvalue weighted by Gasteiger charge is 2.41. The normalized spacial score (nSPS) is 17.3. The molecular formula is C22H19ClFN3O4S3. The van der Waals surface area contributed by atoms with Crippen LogP contribution in [0.2, 0.25) is 4.34 Å². The predicted octanol–water partition coefficient (Wildman–Crippen LogP) is 5.52. The summed E-state index contributed by atoms with van der Waals surface area (Å²) in [6.45, 7) is 0.264. The maximum atomic E-state index is 14.3. The van der Waals surface area contributed by atoms with Crippen LogP contribution in [0.5, 0.6) is 0 Å². The van der Waals surface area contributed by atoms with Crippen LogP contribution in [0, 0.1) is 5.82 Å². The number of nitrogens with zero attached hydrogens (tertiary/aromatic N) is 3. The zero-order valence-electron chi connectivity index (χ0n) is 17.7. The van der Waals surface area contributed by atoms with Gasteiger partial charge < -0.3 is 4.42 Å². The zero-order chi connectivity index (χ0) is 23.9. The number of rotatable bonds is 6. The summed E-state index contributed by atoms with van der Waals surface area (Å²) in [6, 6.07) is 10.1. The van der Waals surface area contributed by atoms with Gasteiger partial charge in [0, 0.05) is 6.54 Å². The lowest BCUT2D eigenvalue weighted by Gasteiger charge is -2.35. The molecule has 34 heavy (non-hydrogen) atoms. The van der Waals surface area contributed by atoms with Crippen molar-refractivity contribution in [3.8, 4) is 0 Å². The summed E-state index contributed by atoms with van der Waals surface area (Å²) in [5, 5.41) is 0.281. The van der Waals surface area contributed by atoms with Crippen molar-refractivity contribution in [1.82, 2.24) is 9.29 Å². The van der Waals surface area contributed by atoms with Gasteiger partial charge in [0.05, 0.1) is 21.8 Å². The SMILES string of the molecule is O=C(C1CCCCN1S(=O)(=O)c1ccc(Cl)s1)N(Cc1ccco1)c1nc2c(F)cccc2s1. The van der Waals surface area contributed by atoms with Crippen LogP contribution in [0.15, 0.2) is 57.4 Å². The van der Waals surface area contributed by atoms with Crippen molar-refractivity contribution in [2.75, 3.05) is 11.4 Å². The van der Waals surface area contributed by atoms with Gasteiger partial charge >= 0.3 is 0 Å². The third-order valence-electron chi connectivity index (χ3n) is 5.60. The first-order valence-corrected chi connectivity index (χ1v) is 14.0. The number of aromatic nitrogens is 1. The molecule has 0 bridgehead atoms. The Bertz CT molecular complexity index is 1430. The van der Waals surface area contributed by atoms with Gasteiger partial charge in [-0.2, -0.15) is 4.31 Å². The first-order valence-electron chi connectivity index (χ1n) is 10.5. The molecule has 0 saturated carbocycles. The highest BCUT2D eigenvalue weighted by molar-refractivity contribution is 7.91. The molecule has 0 spiro atoms. The van der Waals surface area contributed by atoms with Crippen molar-refractivity contribution in [1.29, 1.82) is 0 Å². The van der Waals surface area contributed by atoms with Gasteiger partial charge in [-0.1, -0.05) is 35.4 Å². The molecule has 1 aliphatic heterocycles. The van der Waals surface area contributed by atoms with Crippen molar-refractivity contribution >= 4 is 65.6 Å². The van der Waals surface area contributed by atoms with Crippen molar-refractivity contribution < 1.29 is 22.0 Å². The molecule has 1 saturated heterocycles. The largest absolute Gasteiger partial charge is 0.467 e. The summed E-state index contributed by atoms with van der Waals surface area (Å²) in [7, 11) is -3.92. The molecule has 5 rings (SSSR count). The second kappa shape index (κ2) is 9.38. The van der Waals surface area contributed by atoms with Gasteiger partial charge in [0.25, 0.3) is 10.0 Å². The Morgan fingerprint density at radius 2 is 2.06 bits per heavy atom. The molecule has 1 atom stereocenters. The number of hydrogen-bond donors (Lipinski definition) is 0. The number of anilines is 1. The summed E-state index contributed by atoms with van der Waals surface area (Å²) in [6.07, 6.45) is 3.21. The Labute approximate surface area is 208 Å². The number of thiazole rings is 1. The van der Waals surface area contributed by atoms with Gasteiger partial charge in [-0.3, -0.25) is 9.69 Å². The van der Waals surface area contributed by atoms with Gasteiger partial charge in [-0.25, -0.2) is 17.8 Å². The highest BCUT2D eigenvalue weighted by atomic mass is 35.5. The van der Waals surface area contributed by atoms with Crippen LogP contribution in [-0.2, 0) is 21.4 Å². The number of carbonyl (C=O) groups excluding carboxylic acids is 1. The van der Waals surface area contributed by atoms with E-state index in [-0.39, 0.29) is 27.9 Å². The molecule has 0 aliphatic carbocycles. The Kier molecular flexibility index (Phi) is 6.47. The molecule has 1 fully saturated rings. The fraction of sp³-hybridized carbons (Fsp3) is 0.273. The van der Waals surface area contributed by atoms with Crippen LogP contribution in [-0.4, -0.2) is 36.2 Å². The molecular weight excluding hydrogens is 521 g/mol.